The summed E-state index contributed by atoms with van der Waals surface area (Å²) in [6.45, 7) is 3.82. The van der Waals surface area contributed by atoms with Gasteiger partial charge in [-0.3, -0.25) is 0 Å². The van der Waals surface area contributed by atoms with Crippen molar-refractivity contribution >= 4 is 28.0 Å². The monoisotopic (exact) mass is 286 g/mol. The first kappa shape index (κ1) is 12.9. The van der Waals surface area contributed by atoms with Gasteiger partial charge in [-0.05, 0) is 37.6 Å². The van der Waals surface area contributed by atoms with Gasteiger partial charge in [0.15, 0.2) is 0 Å². The van der Waals surface area contributed by atoms with E-state index in [1.807, 2.05) is 0 Å². The Morgan fingerprint density at radius 2 is 2.25 bits per heavy atom. The average molecular weight is 287 g/mol. The van der Waals surface area contributed by atoms with Crippen molar-refractivity contribution in [3.8, 4) is 0 Å². The number of halogens is 2. The zero-order valence-electron chi connectivity index (χ0n) is 9.09. The minimum Gasteiger partial charge on any atom is -0.463 e. The van der Waals surface area contributed by atoms with Crippen molar-refractivity contribution < 1.29 is 13.9 Å². The number of ether oxygens (including phenoxy) is 1. The lowest BCUT2D eigenvalue weighted by molar-refractivity contribution is -0.137. The second-order valence-electron chi connectivity index (χ2n) is 3.21. The summed E-state index contributed by atoms with van der Waals surface area (Å²) in [4.78, 5) is 11.0. The molecule has 0 radical (unpaired) electrons. The molecule has 0 amide bonds. The first-order valence-electron chi connectivity index (χ1n) is 4.85. The predicted molar refractivity (Wildman–Crippen MR) is 64.5 cm³/mol. The van der Waals surface area contributed by atoms with Gasteiger partial charge in [0.25, 0.3) is 0 Å². The Morgan fingerprint density at radius 3 is 2.88 bits per heavy atom. The molecule has 0 aromatic heterocycles. The summed E-state index contributed by atoms with van der Waals surface area (Å²) in [5.41, 5.74) is 1.16. The number of carbonyl (C=O) groups is 1. The first-order valence-corrected chi connectivity index (χ1v) is 5.64. The van der Waals surface area contributed by atoms with Crippen LogP contribution in [-0.4, -0.2) is 12.6 Å². The number of benzene rings is 1. The number of aryl methyl sites for hydroxylation is 1. The molecule has 1 aromatic rings. The molecule has 0 fully saturated rings. The molecule has 0 aliphatic heterocycles. The summed E-state index contributed by atoms with van der Waals surface area (Å²) in [7, 11) is 0. The Labute approximate surface area is 102 Å². The van der Waals surface area contributed by atoms with Crippen LogP contribution in [0.1, 0.15) is 18.1 Å². The predicted octanol–water partition coefficient (Wildman–Crippen LogP) is 3.47. The molecule has 0 aliphatic rings. The molecule has 16 heavy (non-hydrogen) atoms. The molecule has 0 saturated heterocycles. The second-order valence-corrected chi connectivity index (χ2v) is 4.06. The highest BCUT2D eigenvalue weighted by Crippen LogP contribution is 2.21. The number of carbonyl (C=O) groups excluding carboxylic acids is 1. The van der Waals surface area contributed by atoms with E-state index in [0.29, 0.717) is 12.2 Å². The maximum absolute atomic E-state index is 13.4. The van der Waals surface area contributed by atoms with Crippen molar-refractivity contribution in [1.29, 1.82) is 0 Å². The third-order valence-corrected chi connectivity index (χ3v) is 2.82. The number of esters is 1. The van der Waals surface area contributed by atoms with E-state index in [-0.39, 0.29) is 5.82 Å². The van der Waals surface area contributed by atoms with Gasteiger partial charge in [-0.15, -0.1) is 0 Å². The lowest BCUT2D eigenvalue weighted by atomic mass is 10.1. The van der Waals surface area contributed by atoms with Crippen molar-refractivity contribution in [2.75, 3.05) is 6.61 Å². The van der Waals surface area contributed by atoms with E-state index in [9.17, 15) is 9.18 Å². The summed E-state index contributed by atoms with van der Waals surface area (Å²) in [6, 6.07) is 3.04. The van der Waals surface area contributed by atoms with Crippen LogP contribution in [0.2, 0.25) is 0 Å². The Hall–Kier alpha value is -1.16. The highest BCUT2D eigenvalue weighted by atomic mass is 79.9. The third-order valence-electron chi connectivity index (χ3n) is 1.96. The fourth-order valence-corrected chi connectivity index (χ4v) is 1.50. The molecule has 1 aromatic carbocycles. The largest absolute Gasteiger partial charge is 0.463 e. The number of rotatable bonds is 3. The fourth-order valence-electron chi connectivity index (χ4n) is 1.14. The topological polar surface area (TPSA) is 26.3 Å². The van der Waals surface area contributed by atoms with Gasteiger partial charge in [-0.2, -0.15) is 0 Å². The van der Waals surface area contributed by atoms with Crippen molar-refractivity contribution in [2.45, 2.75) is 13.8 Å². The molecule has 0 saturated carbocycles. The van der Waals surface area contributed by atoms with Crippen LogP contribution in [0.5, 0.6) is 0 Å². The zero-order valence-corrected chi connectivity index (χ0v) is 10.7. The summed E-state index contributed by atoms with van der Waals surface area (Å²) in [6.07, 6.45) is 2.61. The summed E-state index contributed by atoms with van der Waals surface area (Å²) < 4.78 is 18.9. The molecule has 0 unspecified atom stereocenters. The standard InChI is InChI=1S/C12H12BrFO2/c1-3-16-12(15)5-4-9-7-10(13)8(2)6-11(9)14/h4-7H,3H2,1-2H3. The molecule has 1 rings (SSSR count). The van der Waals surface area contributed by atoms with E-state index in [1.54, 1.807) is 19.9 Å². The van der Waals surface area contributed by atoms with Crippen LogP contribution in [-0.2, 0) is 9.53 Å². The van der Waals surface area contributed by atoms with Crippen LogP contribution in [0.25, 0.3) is 6.08 Å². The molecule has 4 heteroatoms. The maximum atomic E-state index is 13.4. The fraction of sp³-hybridized carbons (Fsp3) is 0.250. The molecule has 0 spiro atoms. The molecule has 0 bridgehead atoms. The number of hydrogen-bond acceptors (Lipinski definition) is 2. The average Bonchev–Trinajstić information content (AvgIpc) is 2.22. The summed E-state index contributed by atoms with van der Waals surface area (Å²) in [5, 5.41) is 0. The Balaban J connectivity index is 2.89. The van der Waals surface area contributed by atoms with Crippen LogP contribution in [0.15, 0.2) is 22.7 Å². The van der Waals surface area contributed by atoms with Crippen LogP contribution in [0.3, 0.4) is 0 Å². The van der Waals surface area contributed by atoms with Crippen molar-refractivity contribution in [1.82, 2.24) is 0 Å². The van der Waals surface area contributed by atoms with Crippen LogP contribution < -0.4 is 0 Å². The van der Waals surface area contributed by atoms with Gasteiger partial charge in [0.05, 0.1) is 6.61 Å². The second kappa shape index (κ2) is 5.80. The Kier molecular flexibility index (Phi) is 4.68. The van der Waals surface area contributed by atoms with Crippen LogP contribution in [0, 0.1) is 12.7 Å². The molecule has 2 nitrogen and oxygen atoms in total. The molecule has 0 atom stereocenters. The Morgan fingerprint density at radius 1 is 1.56 bits per heavy atom. The highest BCUT2D eigenvalue weighted by Gasteiger charge is 2.03. The van der Waals surface area contributed by atoms with E-state index in [1.165, 1.54) is 18.2 Å². The summed E-state index contributed by atoms with van der Waals surface area (Å²) >= 11 is 3.30. The van der Waals surface area contributed by atoms with Gasteiger partial charge in [-0.25, -0.2) is 9.18 Å². The lowest BCUT2D eigenvalue weighted by Gasteiger charge is -2.02. The normalized spacial score (nSPS) is 10.8. The number of hydrogen-bond donors (Lipinski definition) is 0. The summed E-state index contributed by atoms with van der Waals surface area (Å²) in [5.74, 6) is -0.833. The maximum Gasteiger partial charge on any atom is 0.330 e. The Bertz CT molecular complexity index is 427. The van der Waals surface area contributed by atoms with E-state index in [0.717, 1.165) is 10.0 Å². The van der Waals surface area contributed by atoms with E-state index >= 15 is 0 Å². The van der Waals surface area contributed by atoms with Crippen molar-refractivity contribution in [3.05, 3.63) is 39.6 Å². The lowest BCUT2D eigenvalue weighted by Crippen LogP contribution is -1.98. The van der Waals surface area contributed by atoms with Gasteiger partial charge < -0.3 is 4.74 Å². The smallest absolute Gasteiger partial charge is 0.330 e. The zero-order chi connectivity index (χ0) is 12.1. The molecule has 0 heterocycles. The highest BCUT2D eigenvalue weighted by molar-refractivity contribution is 9.10. The third kappa shape index (κ3) is 3.45. The van der Waals surface area contributed by atoms with E-state index in [2.05, 4.69) is 15.9 Å². The van der Waals surface area contributed by atoms with Crippen LogP contribution in [0.4, 0.5) is 4.39 Å². The van der Waals surface area contributed by atoms with Crippen molar-refractivity contribution in [3.63, 3.8) is 0 Å². The van der Waals surface area contributed by atoms with E-state index in [4.69, 9.17) is 4.74 Å². The van der Waals surface area contributed by atoms with Crippen LogP contribution >= 0.6 is 15.9 Å². The quantitative estimate of drug-likeness (QED) is 0.628. The SMILES string of the molecule is CCOC(=O)C=Cc1cc(Br)c(C)cc1F. The minimum absolute atomic E-state index is 0.309. The van der Waals surface area contributed by atoms with Gasteiger partial charge in [0.1, 0.15) is 5.82 Å². The van der Waals surface area contributed by atoms with Crippen molar-refractivity contribution in [2.24, 2.45) is 0 Å². The van der Waals surface area contributed by atoms with Gasteiger partial charge in [0, 0.05) is 16.1 Å². The molecule has 0 aliphatic carbocycles. The van der Waals surface area contributed by atoms with Gasteiger partial charge in [0.2, 0.25) is 0 Å². The molecule has 0 N–H and O–H groups in total. The molecule has 86 valence electrons. The minimum atomic E-state index is -0.474. The van der Waals surface area contributed by atoms with E-state index < -0.39 is 5.97 Å². The first-order chi connectivity index (χ1) is 7.54. The molecular weight excluding hydrogens is 275 g/mol. The van der Waals surface area contributed by atoms with Gasteiger partial charge >= 0.3 is 5.97 Å². The van der Waals surface area contributed by atoms with Gasteiger partial charge in [-0.1, -0.05) is 15.9 Å². The molecular formula is C12H12BrFO2.